The van der Waals surface area contributed by atoms with Crippen LogP contribution in [0.4, 0.5) is 0 Å². The molecular weight excluding hydrogens is 248 g/mol. The number of fused-ring (bicyclic) bond motifs is 1. The van der Waals surface area contributed by atoms with E-state index >= 15 is 0 Å². The van der Waals surface area contributed by atoms with E-state index in [1.807, 2.05) is 6.92 Å². The van der Waals surface area contributed by atoms with Crippen molar-refractivity contribution in [3.05, 3.63) is 12.2 Å². The molecule has 2 fully saturated rings. The molecule has 0 radical (unpaired) electrons. The summed E-state index contributed by atoms with van der Waals surface area (Å²) in [5.74, 6) is -0.487. The highest BCUT2D eigenvalue weighted by atomic mass is 16.6. The minimum Gasteiger partial charge on any atom is -0.462 e. The highest BCUT2D eigenvalue weighted by Crippen LogP contribution is 2.42. The molecule has 0 aromatic rings. The number of carbonyl (C=O) groups excluding carboxylic acids is 2. The zero-order chi connectivity index (χ0) is 14.0. The van der Waals surface area contributed by atoms with E-state index < -0.39 is 5.97 Å². The first kappa shape index (κ1) is 14.1. The molecule has 0 bridgehead atoms. The van der Waals surface area contributed by atoms with Crippen molar-refractivity contribution >= 4 is 11.9 Å². The van der Waals surface area contributed by atoms with E-state index in [9.17, 15) is 9.59 Å². The Morgan fingerprint density at radius 2 is 1.84 bits per heavy atom. The molecule has 5 nitrogen and oxygen atoms in total. The summed E-state index contributed by atoms with van der Waals surface area (Å²) in [6.07, 6.45) is 2.27. The summed E-state index contributed by atoms with van der Waals surface area (Å²) < 4.78 is 15.4. The number of esters is 2. The number of epoxide rings is 1. The van der Waals surface area contributed by atoms with Gasteiger partial charge in [-0.25, -0.2) is 4.79 Å². The molecule has 106 valence electrons. The van der Waals surface area contributed by atoms with Crippen LogP contribution in [0.1, 0.15) is 26.7 Å². The second-order valence-electron chi connectivity index (χ2n) is 5.35. The van der Waals surface area contributed by atoms with Crippen LogP contribution in [0.5, 0.6) is 0 Å². The Kier molecular flexibility index (Phi) is 4.24. The van der Waals surface area contributed by atoms with Crippen molar-refractivity contribution in [2.45, 2.75) is 38.9 Å². The molecule has 4 unspecified atom stereocenters. The lowest BCUT2D eigenvalue weighted by Crippen LogP contribution is -2.31. The van der Waals surface area contributed by atoms with Crippen LogP contribution in [-0.2, 0) is 23.8 Å². The molecule has 0 amide bonds. The van der Waals surface area contributed by atoms with Gasteiger partial charge in [-0.15, -0.1) is 0 Å². The highest BCUT2D eigenvalue weighted by molar-refractivity contribution is 5.86. The summed E-state index contributed by atoms with van der Waals surface area (Å²) in [5.41, 5.74) is 0.337. The largest absolute Gasteiger partial charge is 0.462 e. The number of hydrogen-bond donors (Lipinski definition) is 0. The minimum atomic E-state index is -0.462. The van der Waals surface area contributed by atoms with E-state index in [0.717, 1.165) is 12.8 Å². The van der Waals surface area contributed by atoms with Gasteiger partial charge >= 0.3 is 11.9 Å². The van der Waals surface area contributed by atoms with Crippen LogP contribution in [0.3, 0.4) is 0 Å². The van der Waals surface area contributed by atoms with Crippen LogP contribution < -0.4 is 0 Å². The van der Waals surface area contributed by atoms with Gasteiger partial charge in [-0.05, 0) is 25.7 Å². The summed E-state index contributed by atoms with van der Waals surface area (Å²) in [4.78, 5) is 23.0. The number of hydrogen-bond acceptors (Lipinski definition) is 5. The molecule has 1 heterocycles. The molecule has 1 saturated heterocycles. The van der Waals surface area contributed by atoms with Gasteiger partial charge in [0.25, 0.3) is 0 Å². The Morgan fingerprint density at radius 1 is 1.21 bits per heavy atom. The zero-order valence-corrected chi connectivity index (χ0v) is 11.4. The molecule has 0 spiro atoms. The molecule has 1 aliphatic heterocycles. The molecule has 2 rings (SSSR count). The molecule has 0 aromatic heterocycles. The lowest BCUT2D eigenvalue weighted by Gasteiger charge is -2.24. The van der Waals surface area contributed by atoms with E-state index in [4.69, 9.17) is 14.2 Å². The fraction of sp³-hybridized carbons (Fsp3) is 0.714. The van der Waals surface area contributed by atoms with E-state index in [2.05, 4.69) is 6.58 Å². The smallest absolute Gasteiger partial charge is 0.333 e. The number of rotatable bonds is 5. The first-order valence-electron chi connectivity index (χ1n) is 6.63. The van der Waals surface area contributed by atoms with Gasteiger partial charge < -0.3 is 14.2 Å². The third kappa shape index (κ3) is 3.56. The van der Waals surface area contributed by atoms with Gasteiger partial charge in [0.2, 0.25) is 0 Å². The maximum Gasteiger partial charge on any atom is 0.333 e. The molecule has 0 aromatic carbocycles. The second kappa shape index (κ2) is 5.74. The monoisotopic (exact) mass is 268 g/mol. The van der Waals surface area contributed by atoms with Crippen LogP contribution >= 0.6 is 0 Å². The van der Waals surface area contributed by atoms with Crippen molar-refractivity contribution in [2.75, 3.05) is 13.2 Å². The standard InChI is InChI=1S/C14H20O5/c1-8(2)13(15)17-4-5-18-14(16)10-7-12-11(19-12)6-9(10)3/h9-12H,1,4-7H2,2-3H3. The third-order valence-electron chi connectivity index (χ3n) is 3.68. The molecule has 0 N–H and O–H groups in total. The van der Waals surface area contributed by atoms with Crippen LogP contribution in [0.2, 0.25) is 0 Å². The Morgan fingerprint density at radius 3 is 2.53 bits per heavy atom. The first-order valence-corrected chi connectivity index (χ1v) is 6.63. The van der Waals surface area contributed by atoms with E-state index in [0.29, 0.717) is 11.7 Å². The van der Waals surface area contributed by atoms with Gasteiger partial charge in [0.05, 0.1) is 18.1 Å². The molecular formula is C14H20O5. The highest BCUT2D eigenvalue weighted by Gasteiger charge is 2.49. The van der Waals surface area contributed by atoms with Crippen molar-refractivity contribution in [1.82, 2.24) is 0 Å². The molecule has 2 aliphatic rings. The number of ether oxygens (including phenoxy) is 3. The lowest BCUT2D eigenvalue weighted by atomic mass is 9.80. The van der Waals surface area contributed by atoms with E-state index in [-0.39, 0.29) is 37.1 Å². The zero-order valence-electron chi connectivity index (χ0n) is 11.4. The molecule has 19 heavy (non-hydrogen) atoms. The van der Waals surface area contributed by atoms with E-state index in [1.165, 1.54) is 0 Å². The van der Waals surface area contributed by atoms with Gasteiger partial charge in [0.1, 0.15) is 13.2 Å². The van der Waals surface area contributed by atoms with Gasteiger partial charge in [0, 0.05) is 5.57 Å². The lowest BCUT2D eigenvalue weighted by molar-refractivity contribution is -0.155. The average molecular weight is 268 g/mol. The fourth-order valence-electron chi connectivity index (χ4n) is 2.44. The Bertz CT molecular complexity index is 389. The third-order valence-corrected chi connectivity index (χ3v) is 3.68. The topological polar surface area (TPSA) is 65.1 Å². The maximum absolute atomic E-state index is 11.9. The predicted molar refractivity (Wildman–Crippen MR) is 67.3 cm³/mol. The van der Waals surface area contributed by atoms with Gasteiger partial charge in [-0.2, -0.15) is 0 Å². The van der Waals surface area contributed by atoms with Gasteiger partial charge in [0.15, 0.2) is 0 Å². The first-order chi connectivity index (χ1) is 8.99. The quantitative estimate of drug-likeness (QED) is 0.327. The average Bonchev–Trinajstić information content (AvgIpc) is 3.10. The normalized spacial score (nSPS) is 32.1. The Balaban J connectivity index is 1.66. The van der Waals surface area contributed by atoms with Crippen LogP contribution in [0.25, 0.3) is 0 Å². The maximum atomic E-state index is 11.9. The summed E-state index contributed by atoms with van der Waals surface area (Å²) in [5, 5.41) is 0. The van der Waals surface area contributed by atoms with Crippen molar-refractivity contribution < 1.29 is 23.8 Å². The van der Waals surface area contributed by atoms with Crippen LogP contribution in [0, 0.1) is 11.8 Å². The van der Waals surface area contributed by atoms with Crippen molar-refractivity contribution in [3.8, 4) is 0 Å². The predicted octanol–water partition coefficient (Wildman–Crippen LogP) is 1.46. The fourth-order valence-corrected chi connectivity index (χ4v) is 2.44. The summed E-state index contributed by atoms with van der Waals surface area (Å²) in [6, 6.07) is 0. The van der Waals surface area contributed by atoms with Crippen LogP contribution in [-0.4, -0.2) is 37.4 Å². The van der Waals surface area contributed by atoms with Crippen molar-refractivity contribution in [1.29, 1.82) is 0 Å². The van der Waals surface area contributed by atoms with Crippen LogP contribution in [0.15, 0.2) is 12.2 Å². The van der Waals surface area contributed by atoms with Gasteiger partial charge in [-0.1, -0.05) is 13.5 Å². The summed E-state index contributed by atoms with van der Waals surface area (Å²) in [6.45, 7) is 7.25. The number of carbonyl (C=O) groups is 2. The SMILES string of the molecule is C=C(C)C(=O)OCCOC(=O)C1CC2OC2CC1C. The van der Waals surface area contributed by atoms with Crippen molar-refractivity contribution in [2.24, 2.45) is 11.8 Å². The van der Waals surface area contributed by atoms with Crippen molar-refractivity contribution in [3.63, 3.8) is 0 Å². The summed E-state index contributed by atoms with van der Waals surface area (Å²) >= 11 is 0. The minimum absolute atomic E-state index is 0.0705. The second-order valence-corrected chi connectivity index (χ2v) is 5.35. The van der Waals surface area contributed by atoms with Gasteiger partial charge in [-0.3, -0.25) is 4.79 Å². The molecule has 4 atom stereocenters. The Labute approximate surface area is 112 Å². The van der Waals surface area contributed by atoms with E-state index in [1.54, 1.807) is 6.92 Å². The Hall–Kier alpha value is -1.36. The molecule has 5 heteroatoms. The molecule has 1 aliphatic carbocycles. The molecule has 1 saturated carbocycles. The summed E-state index contributed by atoms with van der Waals surface area (Å²) in [7, 11) is 0.